The molecule has 1 saturated heterocycles. The first kappa shape index (κ1) is 22.2. The third kappa shape index (κ3) is 5.25. The first-order valence-corrected chi connectivity index (χ1v) is 10.4. The number of amides is 1. The third-order valence-corrected chi connectivity index (χ3v) is 5.10. The molecule has 2 heterocycles. The van der Waals surface area contributed by atoms with Crippen LogP contribution in [0.25, 0.3) is 0 Å². The van der Waals surface area contributed by atoms with E-state index in [2.05, 4.69) is 25.7 Å². The molecule has 0 spiro atoms. The lowest BCUT2D eigenvalue weighted by molar-refractivity contribution is -0.140. The van der Waals surface area contributed by atoms with Gasteiger partial charge < -0.3 is 19.3 Å². The number of carbonyl (C=O) groups is 2. The second kappa shape index (κ2) is 10.5. The van der Waals surface area contributed by atoms with Gasteiger partial charge in [-0.25, -0.2) is 0 Å². The van der Waals surface area contributed by atoms with Gasteiger partial charge in [-0.1, -0.05) is 33.6 Å². The number of nitrogens with zero attached hydrogens (tertiary/aromatic N) is 2. The molecule has 3 rings (SSSR count). The van der Waals surface area contributed by atoms with Crippen LogP contribution in [-0.2, 0) is 4.79 Å². The minimum Gasteiger partial charge on any atom is -0.454 e. The fourth-order valence-electron chi connectivity index (χ4n) is 3.24. The van der Waals surface area contributed by atoms with Crippen molar-refractivity contribution in [1.82, 2.24) is 9.80 Å². The molecule has 0 unspecified atom stereocenters. The minimum absolute atomic E-state index is 0.00820. The molecule has 0 aliphatic carbocycles. The zero-order valence-electron chi connectivity index (χ0n) is 17.9. The Morgan fingerprint density at radius 2 is 1.82 bits per heavy atom. The summed E-state index contributed by atoms with van der Waals surface area (Å²) < 4.78 is 10.6. The van der Waals surface area contributed by atoms with E-state index in [9.17, 15) is 9.59 Å². The minimum atomic E-state index is -0.502. The standard InChI is InChI=1S/C19H26N2O4.C3H8/c1-4-5-8-21-10-15(11-21)19(23)20(3)13(2)18(22)14-6-7-16-17(9-14)25-12-24-16;1-3-2/h6-7,9,13,15H,4-5,8,10-12H2,1-3H3;3H2,1-2H3/t13-;/m1./s1. The maximum atomic E-state index is 12.7. The number of ketones is 1. The van der Waals surface area contributed by atoms with Gasteiger partial charge in [0.05, 0.1) is 12.0 Å². The highest BCUT2D eigenvalue weighted by atomic mass is 16.7. The maximum Gasteiger partial charge on any atom is 0.231 e. The van der Waals surface area contributed by atoms with Gasteiger partial charge in [-0.2, -0.15) is 0 Å². The first-order valence-electron chi connectivity index (χ1n) is 10.4. The van der Waals surface area contributed by atoms with Gasteiger partial charge in [0.2, 0.25) is 12.7 Å². The van der Waals surface area contributed by atoms with Crippen LogP contribution >= 0.6 is 0 Å². The van der Waals surface area contributed by atoms with Gasteiger partial charge >= 0.3 is 0 Å². The Bertz CT molecular complexity index is 671. The van der Waals surface area contributed by atoms with E-state index in [4.69, 9.17) is 9.47 Å². The first-order chi connectivity index (χ1) is 13.4. The number of likely N-dealkylation sites (tertiary alicyclic amines) is 1. The summed E-state index contributed by atoms with van der Waals surface area (Å²) in [4.78, 5) is 29.2. The van der Waals surface area contributed by atoms with E-state index in [1.165, 1.54) is 6.42 Å². The van der Waals surface area contributed by atoms with Crippen molar-refractivity contribution in [3.05, 3.63) is 23.8 Å². The Hall–Kier alpha value is -2.08. The molecule has 0 bridgehead atoms. The van der Waals surface area contributed by atoms with Gasteiger partial charge in [0.25, 0.3) is 0 Å². The van der Waals surface area contributed by atoms with Crippen LogP contribution in [0.1, 0.15) is 57.3 Å². The Labute approximate surface area is 168 Å². The van der Waals surface area contributed by atoms with Crippen molar-refractivity contribution in [2.24, 2.45) is 5.92 Å². The fraction of sp³-hybridized carbons (Fsp3) is 0.636. The molecular formula is C22H34N2O4. The van der Waals surface area contributed by atoms with Gasteiger partial charge in [-0.15, -0.1) is 0 Å². The Morgan fingerprint density at radius 1 is 1.18 bits per heavy atom. The van der Waals surface area contributed by atoms with E-state index in [0.717, 1.165) is 32.5 Å². The number of ether oxygens (including phenoxy) is 2. The highest BCUT2D eigenvalue weighted by molar-refractivity contribution is 6.02. The molecule has 1 fully saturated rings. The predicted molar refractivity (Wildman–Crippen MR) is 110 cm³/mol. The summed E-state index contributed by atoms with van der Waals surface area (Å²) in [5.74, 6) is 1.20. The molecule has 1 aromatic carbocycles. The van der Waals surface area contributed by atoms with Crippen molar-refractivity contribution in [1.29, 1.82) is 0 Å². The summed E-state index contributed by atoms with van der Waals surface area (Å²) >= 11 is 0. The highest BCUT2D eigenvalue weighted by Gasteiger charge is 2.36. The molecule has 6 nitrogen and oxygen atoms in total. The van der Waals surface area contributed by atoms with Crippen LogP contribution in [0.3, 0.4) is 0 Å². The Morgan fingerprint density at radius 3 is 2.46 bits per heavy atom. The van der Waals surface area contributed by atoms with Crippen LogP contribution in [-0.4, -0.2) is 61.0 Å². The number of hydrogen-bond acceptors (Lipinski definition) is 5. The molecule has 28 heavy (non-hydrogen) atoms. The van der Waals surface area contributed by atoms with Crippen molar-refractivity contribution in [3.8, 4) is 11.5 Å². The molecule has 1 amide bonds. The Kier molecular flexibility index (Phi) is 8.30. The van der Waals surface area contributed by atoms with Crippen LogP contribution in [0.2, 0.25) is 0 Å². The second-order valence-electron chi connectivity index (χ2n) is 7.57. The Balaban J connectivity index is 0.000000878. The quantitative estimate of drug-likeness (QED) is 0.666. The highest BCUT2D eigenvalue weighted by Crippen LogP contribution is 2.33. The van der Waals surface area contributed by atoms with Gasteiger partial charge in [0.1, 0.15) is 0 Å². The maximum absolute atomic E-state index is 12.7. The summed E-state index contributed by atoms with van der Waals surface area (Å²) in [5, 5.41) is 0. The summed E-state index contributed by atoms with van der Waals surface area (Å²) in [7, 11) is 1.71. The number of fused-ring (bicyclic) bond motifs is 1. The van der Waals surface area contributed by atoms with Gasteiger partial charge in [-0.3, -0.25) is 9.59 Å². The number of benzene rings is 1. The van der Waals surface area contributed by atoms with E-state index in [-0.39, 0.29) is 24.4 Å². The van der Waals surface area contributed by atoms with E-state index < -0.39 is 6.04 Å². The molecule has 156 valence electrons. The number of hydrogen-bond donors (Lipinski definition) is 0. The topological polar surface area (TPSA) is 59.1 Å². The van der Waals surface area contributed by atoms with Crippen molar-refractivity contribution in [2.75, 3.05) is 33.5 Å². The number of carbonyl (C=O) groups excluding carboxylic acids is 2. The lowest BCUT2D eigenvalue weighted by Gasteiger charge is -2.40. The van der Waals surface area contributed by atoms with Crippen LogP contribution < -0.4 is 9.47 Å². The largest absolute Gasteiger partial charge is 0.454 e. The summed E-state index contributed by atoms with van der Waals surface area (Å²) in [6.07, 6.45) is 3.58. The molecular weight excluding hydrogens is 356 g/mol. The summed E-state index contributed by atoms with van der Waals surface area (Å²) in [6.45, 7) is 11.0. The molecule has 2 aliphatic heterocycles. The molecule has 0 saturated carbocycles. The molecule has 0 radical (unpaired) electrons. The van der Waals surface area contributed by atoms with Crippen molar-refractivity contribution in [2.45, 2.75) is 53.0 Å². The number of unbranched alkanes of at least 4 members (excludes halogenated alkanes) is 1. The van der Waals surface area contributed by atoms with Crippen molar-refractivity contribution in [3.63, 3.8) is 0 Å². The van der Waals surface area contributed by atoms with Gasteiger partial charge in [0.15, 0.2) is 17.3 Å². The normalized spacial score (nSPS) is 16.6. The zero-order chi connectivity index (χ0) is 20.7. The van der Waals surface area contributed by atoms with E-state index in [0.29, 0.717) is 17.1 Å². The SMILES string of the molecule is CCC.CCCCN1CC(C(=O)N(C)[C@H](C)C(=O)c2ccc3c(c2)OCO3)C1. The zero-order valence-corrected chi connectivity index (χ0v) is 17.9. The lowest BCUT2D eigenvalue weighted by Crippen LogP contribution is -2.56. The van der Waals surface area contributed by atoms with Crippen LogP contribution in [0, 0.1) is 5.92 Å². The van der Waals surface area contributed by atoms with Crippen LogP contribution in [0.5, 0.6) is 11.5 Å². The fourth-order valence-corrected chi connectivity index (χ4v) is 3.24. The van der Waals surface area contributed by atoms with Crippen molar-refractivity contribution >= 4 is 11.7 Å². The molecule has 2 aliphatic rings. The number of rotatable bonds is 7. The van der Waals surface area contributed by atoms with Gasteiger partial charge in [0, 0.05) is 25.7 Å². The molecule has 6 heteroatoms. The molecule has 0 aromatic heterocycles. The van der Waals surface area contributed by atoms with E-state index in [1.54, 1.807) is 37.1 Å². The number of Topliss-reactive ketones (excluding diaryl/α,β-unsaturated/α-hetero) is 1. The molecule has 1 aromatic rings. The van der Waals surface area contributed by atoms with Crippen LogP contribution in [0.4, 0.5) is 0 Å². The predicted octanol–water partition coefficient (Wildman–Crippen LogP) is 3.59. The smallest absolute Gasteiger partial charge is 0.231 e. The van der Waals surface area contributed by atoms with Gasteiger partial charge in [-0.05, 0) is 38.1 Å². The average molecular weight is 391 g/mol. The van der Waals surface area contributed by atoms with Crippen molar-refractivity contribution < 1.29 is 19.1 Å². The monoisotopic (exact) mass is 390 g/mol. The molecule has 1 atom stereocenters. The average Bonchev–Trinajstić information content (AvgIpc) is 3.13. The summed E-state index contributed by atoms with van der Waals surface area (Å²) in [5.41, 5.74) is 0.537. The lowest BCUT2D eigenvalue weighted by atomic mass is 9.96. The number of likely N-dealkylation sites (N-methyl/N-ethyl adjacent to an activating group) is 1. The second-order valence-corrected chi connectivity index (χ2v) is 7.57. The third-order valence-electron chi connectivity index (χ3n) is 5.10. The molecule has 0 N–H and O–H groups in total. The summed E-state index contributed by atoms with van der Waals surface area (Å²) in [6, 6.07) is 4.65. The van der Waals surface area contributed by atoms with Crippen LogP contribution in [0.15, 0.2) is 18.2 Å². The van der Waals surface area contributed by atoms with E-state index >= 15 is 0 Å². The van der Waals surface area contributed by atoms with E-state index in [1.807, 2.05) is 0 Å².